The van der Waals surface area contributed by atoms with Gasteiger partial charge in [-0.05, 0) is 12.1 Å². The summed E-state index contributed by atoms with van der Waals surface area (Å²) >= 11 is 0. The Bertz CT molecular complexity index is 335. The van der Waals surface area contributed by atoms with Gasteiger partial charge in [0.2, 0.25) is 0 Å². The third-order valence-corrected chi connectivity index (χ3v) is 2.16. The van der Waals surface area contributed by atoms with Crippen LogP contribution in [0.25, 0.3) is 0 Å². The van der Waals surface area contributed by atoms with Crippen LogP contribution < -0.4 is 10.5 Å². The quantitative estimate of drug-likeness (QED) is 0.695. The fourth-order valence-corrected chi connectivity index (χ4v) is 1.47. The lowest BCUT2D eigenvalue weighted by Gasteiger charge is -2.23. The molecule has 0 saturated carbocycles. The topological polar surface area (TPSA) is 52.3 Å². The number of ketones is 1. The van der Waals surface area contributed by atoms with E-state index in [0.717, 1.165) is 0 Å². The third-order valence-electron chi connectivity index (χ3n) is 2.16. The van der Waals surface area contributed by atoms with Gasteiger partial charge in [-0.25, -0.2) is 0 Å². The van der Waals surface area contributed by atoms with E-state index in [2.05, 4.69) is 0 Å². The highest BCUT2D eigenvalue weighted by Crippen LogP contribution is 2.26. The van der Waals surface area contributed by atoms with Gasteiger partial charge in [0.05, 0.1) is 5.56 Å². The van der Waals surface area contributed by atoms with Crippen LogP contribution in [-0.2, 0) is 0 Å². The molecule has 3 heteroatoms. The zero-order valence-corrected chi connectivity index (χ0v) is 7.19. The van der Waals surface area contributed by atoms with Crippen LogP contribution in [0.4, 0.5) is 0 Å². The summed E-state index contributed by atoms with van der Waals surface area (Å²) < 4.78 is 5.51. The number of nitrogens with two attached hydrogens (primary N) is 1. The zero-order valence-electron chi connectivity index (χ0n) is 7.19. The van der Waals surface area contributed by atoms with E-state index in [0.29, 0.717) is 24.3 Å². The SMILES string of the molecule is NCC1CC(=O)c2ccccc2O1. The number of fused-ring (bicyclic) bond motifs is 1. The number of hydrogen-bond acceptors (Lipinski definition) is 3. The fraction of sp³-hybridized carbons (Fsp3) is 0.300. The van der Waals surface area contributed by atoms with Crippen molar-refractivity contribution in [2.75, 3.05) is 6.54 Å². The maximum atomic E-state index is 11.5. The van der Waals surface area contributed by atoms with Crippen molar-refractivity contribution in [1.29, 1.82) is 0 Å². The number of Topliss-reactive ketones (excluding diaryl/α,β-unsaturated/α-hetero) is 1. The standard InChI is InChI=1S/C10H11NO2/c11-6-7-5-9(12)8-3-1-2-4-10(8)13-7/h1-4,7H,5-6,11H2. The minimum absolute atomic E-state index is 0.123. The van der Waals surface area contributed by atoms with Crippen molar-refractivity contribution in [2.24, 2.45) is 5.73 Å². The Morgan fingerprint density at radius 1 is 1.46 bits per heavy atom. The molecule has 1 heterocycles. The van der Waals surface area contributed by atoms with E-state index in [1.54, 1.807) is 12.1 Å². The Labute approximate surface area is 76.5 Å². The van der Waals surface area contributed by atoms with Gasteiger partial charge in [-0.1, -0.05) is 12.1 Å². The summed E-state index contributed by atoms with van der Waals surface area (Å²) in [5.74, 6) is 0.784. The molecular formula is C10H11NO2. The molecule has 1 aliphatic heterocycles. The van der Waals surface area contributed by atoms with Crippen LogP contribution in [-0.4, -0.2) is 18.4 Å². The van der Waals surface area contributed by atoms with E-state index in [1.807, 2.05) is 12.1 Å². The molecule has 0 amide bonds. The second-order valence-electron chi connectivity index (χ2n) is 3.10. The Balaban J connectivity index is 2.37. The highest BCUT2D eigenvalue weighted by Gasteiger charge is 2.24. The molecule has 1 aromatic carbocycles. The van der Waals surface area contributed by atoms with E-state index < -0.39 is 0 Å². The van der Waals surface area contributed by atoms with Gasteiger partial charge in [-0.3, -0.25) is 4.79 Å². The largest absolute Gasteiger partial charge is 0.488 e. The molecule has 0 aromatic heterocycles. The molecule has 1 atom stereocenters. The number of hydrogen-bond donors (Lipinski definition) is 1. The van der Waals surface area contributed by atoms with Crippen LogP contribution in [0, 0.1) is 0 Å². The third kappa shape index (κ3) is 1.42. The average molecular weight is 177 g/mol. The Morgan fingerprint density at radius 2 is 2.23 bits per heavy atom. The lowest BCUT2D eigenvalue weighted by molar-refractivity contribution is 0.0860. The Hall–Kier alpha value is -1.35. The average Bonchev–Trinajstić information content (AvgIpc) is 2.18. The van der Waals surface area contributed by atoms with Gasteiger partial charge in [-0.2, -0.15) is 0 Å². The summed E-state index contributed by atoms with van der Waals surface area (Å²) in [6, 6.07) is 7.27. The van der Waals surface area contributed by atoms with Crippen molar-refractivity contribution < 1.29 is 9.53 Å². The van der Waals surface area contributed by atoms with Crippen molar-refractivity contribution in [1.82, 2.24) is 0 Å². The lowest BCUT2D eigenvalue weighted by Crippen LogP contribution is -2.33. The highest BCUT2D eigenvalue weighted by atomic mass is 16.5. The van der Waals surface area contributed by atoms with Gasteiger partial charge >= 0.3 is 0 Å². The van der Waals surface area contributed by atoms with Crippen LogP contribution >= 0.6 is 0 Å². The molecule has 2 N–H and O–H groups in total. The summed E-state index contributed by atoms with van der Waals surface area (Å²) in [5, 5.41) is 0. The number of carbonyl (C=O) groups is 1. The van der Waals surface area contributed by atoms with Crippen molar-refractivity contribution in [3.63, 3.8) is 0 Å². The van der Waals surface area contributed by atoms with Crippen LogP contribution in [0.1, 0.15) is 16.8 Å². The fourth-order valence-electron chi connectivity index (χ4n) is 1.47. The molecule has 3 nitrogen and oxygen atoms in total. The monoisotopic (exact) mass is 177 g/mol. The molecule has 13 heavy (non-hydrogen) atoms. The predicted molar refractivity (Wildman–Crippen MR) is 48.9 cm³/mol. The summed E-state index contributed by atoms with van der Waals surface area (Å²) in [6.07, 6.45) is 0.246. The number of para-hydroxylation sites is 1. The van der Waals surface area contributed by atoms with E-state index in [1.165, 1.54) is 0 Å². The number of carbonyl (C=O) groups excluding carboxylic acids is 1. The smallest absolute Gasteiger partial charge is 0.170 e. The predicted octanol–water partition coefficient (Wildman–Crippen LogP) is 0.979. The van der Waals surface area contributed by atoms with E-state index >= 15 is 0 Å². The van der Waals surface area contributed by atoms with Gasteiger partial charge in [0, 0.05) is 13.0 Å². The molecule has 0 fully saturated rings. The molecular weight excluding hydrogens is 166 g/mol. The van der Waals surface area contributed by atoms with Gasteiger partial charge in [-0.15, -0.1) is 0 Å². The molecule has 0 saturated heterocycles. The summed E-state index contributed by atoms with van der Waals surface area (Å²) in [4.78, 5) is 11.5. The highest BCUT2D eigenvalue weighted by molar-refractivity contribution is 5.99. The summed E-state index contributed by atoms with van der Waals surface area (Å²) in [6.45, 7) is 0.389. The first-order chi connectivity index (χ1) is 6.31. The van der Waals surface area contributed by atoms with E-state index in [-0.39, 0.29) is 11.9 Å². The first kappa shape index (κ1) is 8.26. The number of rotatable bonds is 1. The summed E-state index contributed by atoms with van der Waals surface area (Å²) in [7, 11) is 0. The Morgan fingerprint density at radius 3 is 3.00 bits per heavy atom. The van der Waals surface area contributed by atoms with E-state index in [9.17, 15) is 4.79 Å². The maximum Gasteiger partial charge on any atom is 0.170 e. The first-order valence-corrected chi connectivity index (χ1v) is 4.30. The number of benzene rings is 1. The molecule has 0 aliphatic carbocycles. The van der Waals surface area contributed by atoms with Crippen molar-refractivity contribution in [3.05, 3.63) is 29.8 Å². The molecule has 1 unspecified atom stereocenters. The lowest BCUT2D eigenvalue weighted by atomic mass is 10.0. The molecule has 1 aromatic rings. The zero-order chi connectivity index (χ0) is 9.26. The van der Waals surface area contributed by atoms with Crippen LogP contribution in [0.15, 0.2) is 24.3 Å². The molecule has 0 spiro atoms. The van der Waals surface area contributed by atoms with Gasteiger partial charge in [0.1, 0.15) is 11.9 Å². The molecule has 2 rings (SSSR count). The molecule has 1 aliphatic rings. The first-order valence-electron chi connectivity index (χ1n) is 4.30. The second-order valence-corrected chi connectivity index (χ2v) is 3.10. The van der Waals surface area contributed by atoms with Gasteiger partial charge in [0.25, 0.3) is 0 Å². The van der Waals surface area contributed by atoms with Gasteiger partial charge < -0.3 is 10.5 Å². The molecule has 0 bridgehead atoms. The molecule has 0 radical (unpaired) electrons. The van der Waals surface area contributed by atoms with Crippen molar-refractivity contribution in [2.45, 2.75) is 12.5 Å². The van der Waals surface area contributed by atoms with Crippen molar-refractivity contribution in [3.8, 4) is 5.75 Å². The van der Waals surface area contributed by atoms with E-state index in [4.69, 9.17) is 10.5 Å². The minimum atomic E-state index is -0.151. The van der Waals surface area contributed by atoms with Crippen LogP contribution in [0.2, 0.25) is 0 Å². The molecule has 68 valence electrons. The normalized spacial score (nSPS) is 20.7. The summed E-state index contributed by atoms with van der Waals surface area (Å²) in [5.41, 5.74) is 6.12. The van der Waals surface area contributed by atoms with Crippen LogP contribution in [0.3, 0.4) is 0 Å². The second kappa shape index (κ2) is 3.18. The van der Waals surface area contributed by atoms with Crippen LogP contribution in [0.5, 0.6) is 5.75 Å². The Kier molecular flexibility index (Phi) is 2.02. The number of ether oxygens (including phenoxy) is 1. The maximum absolute atomic E-state index is 11.5. The minimum Gasteiger partial charge on any atom is -0.488 e. The van der Waals surface area contributed by atoms with Crippen molar-refractivity contribution >= 4 is 5.78 Å². The van der Waals surface area contributed by atoms with Gasteiger partial charge in [0.15, 0.2) is 5.78 Å².